The van der Waals surface area contributed by atoms with Gasteiger partial charge in [0.05, 0.1) is 18.6 Å². The van der Waals surface area contributed by atoms with Crippen LogP contribution >= 0.6 is 0 Å². The highest BCUT2D eigenvalue weighted by molar-refractivity contribution is 6.09. The zero-order chi connectivity index (χ0) is 22.5. The number of esters is 1. The number of ether oxygens (including phenoxy) is 1. The number of aromatic nitrogens is 2. The lowest BCUT2D eigenvalue weighted by atomic mass is 10.0. The maximum atomic E-state index is 13.3. The monoisotopic (exact) mass is 428 g/mol. The summed E-state index contributed by atoms with van der Waals surface area (Å²) in [6.45, 7) is 2.51. The van der Waals surface area contributed by atoms with Crippen molar-refractivity contribution in [1.29, 1.82) is 0 Å². The molecule has 0 saturated carbocycles. The number of imidazole rings is 1. The molecule has 32 heavy (non-hydrogen) atoms. The Bertz CT molecular complexity index is 1280. The molecule has 2 aromatic carbocycles. The summed E-state index contributed by atoms with van der Waals surface area (Å²) >= 11 is 0. The van der Waals surface area contributed by atoms with Crippen molar-refractivity contribution >= 4 is 23.2 Å². The van der Waals surface area contributed by atoms with E-state index in [1.54, 1.807) is 31.5 Å². The number of fused-ring (bicyclic) bond motifs is 1. The van der Waals surface area contributed by atoms with Crippen molar-refractivity contribution in [3.8, 4) is 11.1 Å². The van der Waals surface area contributed by atoms with Crippen LogP contribution in [0.15, 0.2) is 73.2 Å². The largest absolute Gasteiger partial charge is 0.466 e. The number of nitrogens with zero attached hydrogens (tertiary/aromatic N) is 2. The molecule has 0 saturated heterocycles. The van der Waals surface area contributed by atoms with E-state index in [0.717, 1.165) is 16.7 Å². The Labute approximate surface area is 185 Å². The van der Waals surface area contributed by atoms with Crippen LogP contribution in [0.25, 0.3) is 16.8 Å². The van der Waals surface area contributed by atoms with Gasteiger partial charge in [0.2, 0.25) is 0 Å². The van der Waals surface area contributed by atoms with E-state index in [0.29, 0.717) is 35.6 Å². The topological polar surface area (TPSA) is 98.7 Å². The first-order valence-electron chi connectivity index (χ1n) is 10.4. The van der Waals surface area contributed by atoms with Crippen molar-refractivity contribution in [2.45, 2.75) is 19.9 Å². The van der Waals surface area contributed by atoms with Crippen molar-refractivity contribution in [2.75, 3.05) is 11.9 Å². The highest BCUT2D eigenvalue weighted by atomic mass is 16.5. The molecule has 7 nitrogen and oxygen atoms in total. The van der Waals surface area contributed by atoms with Gasteiger partial charge in [0.1, 0.15) is 5.65 Å². The minimum atomic E-state index is -0.341. The average Bonchev–Trinajstić information content (AvgIpc) is 3.28. The Morgan fingerprint density at radius 3 is 2.75 bits per heavy atom. The molecule has 0 bridgehead atoms. The van der Waals surface area contributed by atoms with E-state index < -0.39 is 0 Å². The van der Waals surface area contributed by atoms with Crippen molar-refractivity contribution in [3.05, 3.63) is 89.9 Å². The molecule has 4 rings (SSSR count). The van der Waals surface area contributed by atoms with Gasteiger partial charge in [-0.3, -0.25) is 9.59 Å². The number of hydrogen-bond acceptors (Lipinski definition) is 5. The Kier molecular flexibility index (Phi) is 6.28. The van der Waals surface area contributed by atoms with Crippen LogP contribution in [0, 0.1) is 0 Å². The minimum Gasteiger partial charge on any atom is -0.466 e. The summed E-state index contributed by atoms with van der Waals surface area (Å²) in [6.07, 6.45) is 5.47. The molecule has 1 amide bonds. The predicted molar refractivity (Wildman–Crippen MR) is 123 cm³/mol. The number of nitrogens with two attached hydrogens (primary N) is 1. The summed E-state index contributed by atoms with van der Waals surface area (Å²) in [4.78, 5) is 29.6. The van der Waals surface area contributed by atoms with Crippen molar-refractivity contribution in [1.82, 2.24) is 9.38 Å². The van der Waals surface area contributed by atoms with E-state index in [1.807, 2.05) is 53.1 Å². The van der Waals surface area contributed by atoms with E-state index in [-0.39, 0.29) is 18.3 Å². The summed E-state index contributed by atoms with van der Waals surface area (Å²) in [5.41, 5.74) is 10.8. The van der Waals surface area contributed by atoms with Gasteiger partial charge in [-0.2, -0.15) is 0 Å². The molecule has 0 aliphatic carbocycles. The molecular weight excluding hydrogens is 404 g/mol. The molecule has 2 aromatic heterocycles. The number of carbonyl (C=O) groups excluding carboxylic acids is 2. The van der Waals surface area contributed by atoms with Crippen LogP contribution < -0.4 is 11.1 Å². The number of para-hydroxylation sites is 1. The van der Waals surface area contributed by atoms with Crippen LogP contribution in [0.3, 0.4) is 0 Å². The number of carbonyl (C=O) groups is 2. The molecular formula is C25H24N4O3. The molecule has 0 atom stereocenters. The lowest BCUT2D eigenvalue weighted by molar-refractivity contribution is -0.142. The quantitative estimate of drug-likeness (QED) is 0.436. The molecule has 7 heteroatoms. The number of pyridine rings is 1. The second-order valence-electron chi connectivity index (χ2n) is 7.30. The molecule has 0 aliphatic rings. The molecule has 0 aliphatic heterocycles. The summed E-state index contributed by atoms with van der Waals surface area (Å²) < 4.78 is 6.87. The summed E-state index contributed by atoms with van der Waals surface area (Å²) in [6, 6.07) is 16.9. The number of benzene rings is 2. The van der Waals surface area contributed by atoms with E-state index in [9.17, 15) is 9.59 Å². The van der Waals surface area contributed by atoms with E-state index in [1.165, 1.54) is 0 Å². The summed E-state index contributed by atoms with van der Waals surface area (Å²) in [7, 11) is 0. The van der Waals surface area contributed by atoms with Crippen LogP contribution in [-0.2, 0) is 22.5 Å². The normalized spacial score (nSPS) is 10.8. The first kappa shape index (κ1) is 21.3. The highest BCUT2D eigenvalue weighted by Gasteiger charge is 2.17. The molecule has 162 valence electrons. The third kappa shape index (κ3) is 4.53. The number of anilines is 1. The Morgan fingerprint density at radius 1 is 1.09 bits per heavy atom. The van der Waals surface area contributed by atoms with Gasteiger partial charge < -0.3 is 20.2 Å². The maximum Gasteiger partial charge on any atom is 0.310 e. The summed E-state index contributed by atoms with van der Waals surface area (Å²) in [5, 5.41) is 2.94. The molecule has 0 spiro atoms. The second kappa shape index (κ2) is 9.45. The molecule has 3 N–H and O–H groups in total. The number of rotatable bonds is 7. The van der Waals surface area contributed by atoms with Crippen LogP contribution in [0.2, 0.25) is 0 Å². The SMILES string of the molecule is CCOC(=O)Cc1ccccc1NC(=O)c1cc(-c2cccc(CN)c2)cn2ccnc12. The number of nitrogens with one attached hydrogen (secondary N) is 1. The van der Waals surface area contributed by atoms with Crippen LogP contribution in [0.5, 0.6) is 0 Å². The standard InChI is InChI=1S/C25H24N4O3/c1-2-32-23(30)14-19-7-3-4-9-22(19)28-25(31)21-13-20(16-29-11-10-27-24(21)29)18-8-5-6-17(12-18)15-26/h3-13,16H,2,14-15,26H2,1H3,(H,28,31). The van der Waals surface area contributed by atoms with Gasteiger partial charge >= 0.3 is 5.97 Å². The minimum absolute atomic E-state index is 0.0784. The fourth-order valence-electron chi connectivity index (χ4n) is 3.59. The molecule has 0 radical (unpaired) electrons. The summed E-state index contributed by atoms with van der Waals surface area (Å²) in [5.74, 6) is -0.652. The van der Waals surface area contributed by atoms with Gasteiger partial charge in [-0.05, 0) is 47.4 Å². The zero-order valence-electron chi connectivity index (χ0n) is 17.7. The fraction of sp³-hybridized carbons (Fsp3) is 0.160. The number of hydrogen-bond donors (Lipinski definition) is 2. The first-order chi connectivity index (χ1) is 15.6. The third-order valence-electron chi connectivity index (χ3n) is 5.13. The zero-order valence-corrected chi connectivity index (χ0v) is 17.7. The van der Waals surface area contributed by atoms with Crippen molar-refractivity contribution in [3.63, 3.8) is 0 Å². The Balaban J connectivity index is 1.69. The highest BCUT2D eigenvalue weighted by Crippen LogP contribution is 2.25. The predicted octanol–water partition coefficient (Wildman–Crippen LogP) is 3.82. The van der Waals surface area contributed by atoms with Gasteiger partial charge in [0.25, 0.3) is 5.91 Å². The van der Waals surface area contributed by atoms with E-state index in [4.69, 9.17) is 10.5 Å². The van der Waals surface area contributed by atoms with Crippen LogP contribution in [0.1, 0.15) is 28.4 Å². The fourth-order valence-corrected chi connectivity index (χ4v) is 3.59. The van der Waals surface area contributed by atoms with Gasteiger partial charge in [0.15, 0.2) is 0 Å². The average molecular weight is 428 g/mol. The van der Waals surface area contributed by atoms with Gasteiger partial charge in [0, 0.05) is 30.8 Å². The smallest absolute Gasteiger partial charge is 0.310 e. The molecule has 4 aromatic rings. The maximum absolute atomic E-state index is 13.3. The first-order valence-corrected chi connectivity index (χ1v) is 10.4. The van der Waals surface area contributed by atoms with E-state index in [2.05, 4.69) is 10.3 Å². The van der Waals surface area contributed by atoms with Crippen molar-refractivity contribution < 1.29 is 14.3 Å². The number of amides is 1. The van der Waals surface area contributed by atoms with Crippen molar-refractivity contribution in [2.24, 2.45) is 5.73 Å². The van der Waals surface area contributed by atoms with E-state index >= 15 is 0 Å². The molecule has 0 unspecified atom stereocenters. The Hall–Kier alpha value is -3.97. The third-order valence-corrected chi connectivity index (χ3v) is 5.13. The van der Waals surface area contributed by atoms with Gasteiger partial charge in [-0.25, -0.2) is 4.98 Å². The lowest BCUT2D eigenvalue weighted by Gasteiger charge is -2.13. The van der Waals surface area contributed by atoms with Gasteiger partial charge in [-0.1, -0.05) is 36.4 Å². The molecule has 2 heterocycles. The lowest BCUT2D eigenvalue weighted by Crippen LogP contribution is -2.16. The van der Waals surface area contributed by atoms with Crippen LogP contribution in [0.4, 0.5) is 5.69 Å². The molecule has 0 fully saturated rings. The van der Waals surface area contributed by atoms with Crippen LogP contribution in [-0.4, -0.2) is 27.9 Å². The Morgan fingerprint density at radius 2 is 1.94 bits per heavy atom. The van der Waals surface area contributed by atoms with Gasteiger partial charge in [-0.15, -0.1) is 0 Å². The second-order valence-corrected chi connectivity index (χ2v) is 7.30.